The number of alkyl halides is 1. The van der Waals surface area contributed by atoms with Crippen molar-refractivity contribution in [3.63, 3.8) is 0 Å². The summed E-state index contributed by atoms with van der Waals surface area (Å²) in [5.41, 5.74) is 3.43. The molecule has 1 aliphatic heterocycles. The van der Waals surface area contributed by atoms with Crippen LogP contribution in [0.1, 0.15) is 18.1 Å². The number of fused-ring (bicyclic) bond motifs is 1. The molecule has 0 aliphatic carbocycles. The minimum absolute atomic E-state index is 0.0606. The van der Waals surface area contributed by atoms with Crippen LogP contribution in [0.2, 0.25) is 5.02 Å². The highest BCUT2D eigenvalue weighted by molar-refractivity contribution is 7.82. The number of hydrogen-bond acceptors (Lipinski definition) is 4. The molecule has 0 saturated carbocycles. The molecule has 174 valence electrons. The molecule has 3 aromatic rings. The van der Waals surface area contributed by atoms with Gasteiger partial charge in [-0.2, -0.15) is 5.26 Å². The van der Waals surface area contributed by atoms with Gasteiger partial charge >= 0.3 is 0 Å². The Hall–Kier alpha value is -2.08. The predicted molar refractivity (Wildman–Crippen MR) is 135 cm³/mol. The van der Waals surface area contributed by atoms with E-state index in [1.54, 1.807) is 18.4 Å². The van der Waals surface area contributed by atoms with Crippen molar-refractivity contribution < 1.29 is 8.95 Å². The van der Waals surface area contributed by atoms with E-state index >= 15 is 0 Å². The molecule has 0 radical (unpaired) electrons. The first-order chi connectivity index (χ1) is 15.8. The molecule has 1 aliphatic rings. The lowest BCUT2D eigenvalue weighted by atomic mass is 9.93. The van der Waals surface area contributed by atoms with E-state index in [1.165, 1.54) is 5.56 Å². The van der Waals surface area contributed by atoms with Crippen LogP contribution in [-0.4, -0.2) is 57.6 Å². The van der Waals surface area contributed by atoms with E-state index in [2.05, 4.69) is 46.9 Å². The van der Waals surface area contributed by atoms with Crippen molar-refractivity contribution in [3.8, 4) is 17.5 Å². The van der Waals surface area contributed by atoms with Gasteiger partial charge in [0.2, 0.25) is 0 Å². The molecule has 1 atom stereocenters. The number of likely N-dealkylation sites (tertiary alicyclic amines) is 1. The minimum Gasteiger partial charge on any atom is -0.489 e. The first-order valence-electron chi connectivity index (χ1n) is 10.7. The van der Waals surface area contributed by atoms with Crippen LogP contribution in [0, 0.1) is 11.3 Å². The van der Waals surface area contributed by atoms with Crippen molar-refractivity contribution in [1.82, 2.24) is 14.2 Å². The van der Waals surface area contributed by atoms with E-state index in [9.17, 15) is 9.47 Å². The highest BCUT2D eigenvalue weighted by Gasteiger charge is 2.38. The summed E-state index contributed by atoms with van der Waals surface area (Å²) in [5, 5.41) is 11.1. The summed E-state index contributed by atoms with van der Waals surface area (Å²) in [5.74, 6) is 0.686. The second kappa shape index (κ2) is 10.0. The third-order valence-corrected chi connectivity index (χ3v) is 6.97. The molecule has 2 heterocycles. The van der Waals surface area contributed by atoms with Crippen molar-refractivity contribution >= 4 is 45.1 Å². The second-order valence-electron chi connectivity index (χ2n) is 8.61. The van der Waals surface area contributed by atoms with E-state index < -0.39 is 11.0 Å². The van der Waals surface area contributed by atoms with E-state index in [0.29, 0.717) is 22.2 Å². The molecule has 4 rings (SSSR count). The summed E-state index contributed by atoms with van der Waals surface area (Å²) in [6.07, 6.45) is 4.61. The van der Waals surface area contributed by atoms with Gasteiger partial charge in [0.1, 0.15) is 12.7 Å². The monoisotopic (exact) mass is 504 g/mol. The van der Waals surface area contributed by atoms with Crippen LogP contribution in [0.3, 0.4) is 0 Å². The number of hydrogen-bond donors (Lipinski definition) is 1. The van der Waals surface area contributed by atoms with Crippen molar-refractivity contribution in [1.29, 1.82) is 5.26 Å². The standard InChI is InChI=1S/C24H26Cl2N4O2S/c1-24(28-33(2)31)15-29(16-24)8-5-17-3-4-22-18(11-17)6-9-30(22)20-12-19(14-27)23(21(26)13-20)32-10-7-25/h3-4,6,9,11-13,28H,5,7-8,10,15-16H2,1-2H3. The van der Waals surface area contributed by atoms with Crippen molar-refractivity contribution in [2.45, 2.75) is 18.9 Å². The maximum absolute atomic E-state index is 11.4. The van der Waals surface area contributed by atoms with Crippen LogP contribution in [0.5, 0.6) is 5.75 Å². The lowest BCUT2D eigenvalue weighted by molar-refractivity contribution is 0.0742. The number of nitrogens with one attached hydrogen (secondary N) is 1. The number of halogens is 2. The van der Waals surface area contributed by atoms with Crippen LogP contribution >= 0.6 is 23.2 Å². The summed E-state index contributed by atoms with van der Waals surface area (Å²) in [4.78, 5) is 2.37. The van der Waals surface area contributed by atoms with Gasteiger partial charge in [-0.05, 0) is 49.2 Å². The van der Waals surface area contributed by atoms with Gasteiger partial charge < -0.3 is 9.30 Å². The van der Waals surface area contributed by atoms with Crippen LogP contribution in [0.15, 0.2) is 42.6 Å². The van der Waals surface area contributed by atoms with Gasteiger partial charge in [0, 0.05) is 43.2 Å². The van der Waals surface area contributed by atoms with Gasteiger partial charge in [0.15, 0.2) is 5.75 Å². The van der Waals surface area contributed by atoms with Crippen molar-refractivity contribution in [3.05, 3.63) is 58.7 Å². The zero-order chi connectivity index (χ0) is 23.6. The lowest BCUT2D eigenvalue weighted by Crippen LogP contribution is -2.67. The van der Waals surface area contributed by atoms with E-state index in [0.717, 1.165) is 42.6 Å². The Labute approximate surface area is 206 Å². The Balaban J connectivity index is 1.48. The molecule has 9 heteroatoms. The Morgan fingerprint density at radius 2 is 2.06 bits per heavy atom. The molecule has 1 saturated heterocycles. The van der Waals surface area contributed by atoms with Gasteiger partial charge in [0.05, 0.1) is 38.5 Å². The number of benzene rings is 2. The van der Waals surface area contributed by atoms with Gasteiger partial charge in [0.25, 0.3) is 0 Å². The molecule has 33 heavy (non-hydrogen) atoms. The highest BCUT2D eigenvalue weighted by Crippen LogP contribution is 2.33. The maximum Gasteiger partial charge on any atom is 0.155 e. The van der Waals surface area contributed by atoms with E-state index in [1.807, 2.05) is 10.8 Å². The molecule has 1 fully saturated rings. The van der Waals surface area contributed by atoms with Crippen molar-refractivity contribution in [2.75, 3.05) is 38.4 Å². The molecule has 0 amide bonds. The quantitative estimate of drug-likeness (QED) is 0.441. The Kier molecular flexibility index (Phi) is 7.32. The summed E-state index contributed by atoms with van der Waals surface area (Å²) >= 11 is 12.1. The summed E-state index contributed by atoms with van der Waals surface area (Å²) in [7, 11) is -0.992. The smallest absolute Gasteiger partial charge is 0.155 e. The predicted octanol–water partition coefficient (Wildman–Crippen LogP) is 4.27. The van der Waals surface area contributed by atoms with Crippen molar-refractivity contribution in [2.24, 2.45) is 0 Å². The normalized spacial score (nSPS) is 16.3. The largest absolute Gasteiger partial charge is 0.489 e. The zero-order valence-corrected chi connectivity index (χ0v) is 20.9. The minimum atomic E-state index is -0.992. The third-order valence-electron chi connectivity index (χ3n) is 5.76. The van der Waals surface area contributed by atoms with Gasteiger partial charge in [-0.15, -0.1) is 11.6 Å². The number of rotatable bonds is 9. The van der Waals surface area contributed by atoms with Crippen LogP contribution in [-0.2, 0) is 17.4 Å². The number of ether oxygens (including phenoxy) is 1. The van der Waals surface area contributed by atoms with Gasteiger partial charge in [-0.25, -0.2) is 8.93 Å². The Morgan fingerprint density at radius 3 is 2.76 bits per heavy atom. The third kappa shape index (κ3) is 5.37. The number of nitrogens with zero attached hydrogens (tertiary/aromatic N) is 3. The molecule has 2 aromatic carbocycles. The fourth-order valence-electron chi connectivity index (χ4n) is 4.46. The van der Waals surface area contributed by atoms with Gasteiger partial charge in [-0.1, -0.05) is 17.7 Å². The summed E-state index contributed by atoms with van der Waals surface area (Å²) in [6.45, 7) is 5.16. The maximum atomic E-state index is 11.4. The molecule has 1 aromatic heterocycles. The molecule has 0 bridgehead atoms. The molecule has 1 unspecified atom stereocenters. The summed E-state index contributed by atoms with van der Waals surface area (Å²) < 4.78 is 22.1. The first-order valence-corrected chi connectivity index (χ1v) is 13.2. The highest BCUT2D eigenvalue weighted by atomic mass is 35.5. The van der Waals surface area contributed by atoms with E-state index in [-0.39, 0.29) is 12.1 Å². The molecular formula is C24H26Cl2N4O2S. The van der Waals surface area contributed by atoms with E-state index in [4.69, 9.17) is 27.9 Å². The Bertz CT molecular complexity index is 1230. The number of aromatic nitrogens is 1. The molecular weight excluding hydrogens is 479 g/mol. The lowest BCUT2D eigenvalue weighted by Gasteiger charge is -2.48. The average Bonchev–Trinajstić information content (AvgIpc) is 3.17. The average molecular weight is 505 g/mol. The van der Waals surface area contributed by atoms with Crippen LogP contribution in [0.4, 0.5) is 0 Å². The van der Waals surface area contributed by atoms with Gasteiger partial charge in [-0.3, -0.25) is 4.90 Å². The Morgan fingerprint density at radius 1 is 1.27 bits per heavy atom. The fourth-order valence-corrected chi connectivity index (χ4v) is 5.63. The molecule has 6 nitrogen and oxygen atoms in total. The molecule has 0 spiro atoms. The van der Waals surface area contributed by atoms with Crippen LogP contribution in [0.25, 0.3) is 16.6 Å². The first kappa shape index (κ1) is 24.1. The summed E-state index contributed by atoms with van der Waals surface area (Å²) in [6, 6.07) is 14.3. The fraction of sp³-hybridized carbons (Fsp3) is 0.375. The zero-order valence-electron chi connectivity index (χ0n) is 18.6. The topological polar surface area (TPSA) is 70.3 Å². The SMILES string of the molecule is CS(=O)NC1(C)CN(CCc2ccc3c(ccn3-c3cc(Cl)c(OCCCl)c(C#N)c3)c2)C1. The van der Waals surface area contributed by atoms with Crippen LogP contribution < -0.4 is 9.46 Å². The second-order valence-corrected chi connectivity index (χ2v) is 10.5. The molecule has 1 N–H and O–H groups in total. The number of nitriles is 1.